The van der Waals surface area contributed by atoms with Crippen LogP contribution >= 0.6 is 0 Å². The number of rotatable bonds is 4. The van der Waals surface area contributed by atoms with Crippen LogP contribution in [0, 0.1) is 12.7 Å². The second-order valence-electron chi connectivity index (χ2n) is 5.39. The zero-order valence-corrected chi connectivity index (χ0v) is 13.1. The van der Waals surface area contributed by atoms with Gasteiger partial charge in [-0.15, -0.1) is 0 Å². The Morgan fingerprint density at radius 3 is 2.38 bits per heavy atom. The molecule has 0 radical (unpaired) electrons. The minimum absolute atomic E-state index is 0.281. The van der Waals surface area contributed by atoms with E-state index >= 15 is 0 Å². The number of anilines is 3. The summed E-state index contributed by atoms with van der Waals surface area (Å²) in [6.07, 6.45) is 1.54. The number of hydrogen-bond acceptors (Lipinski definition) is 3. The number of carbonyl (C=O) groups is 1. The number of aromatic nitrogens is 1. The lowest BCUT2D eigenvalue weighted by molar-refractivity contribution is 0.102. The lowest BCUT2D eigenvalue weighted by Crippen LogP contribution is -2.13. The SMILES string of the molecule is Cc1ccc(NC(=O)c2ccc(Nc3cccc(F)c3)cn2)cc1. The van der Waals surface area contributed by atoms with E-state index in [0.29, 0.717) is 17.1 Å². The van der Waals surface area contributed by atoms with E-state index in [1.54, 1.807) is 24.3 Å². The molecule has 120 valence electrons. The van der Waals surface area contributed by atoms with Crippen molar-refractivity contribution >= 4 is 23.0 Å². The highest BCUT2D eigenvalue weighted by Gasteiger charge is 2.07. The molecule has 0 saturated carbocycles. The van der Waals surface area contributed by atoms with E-state index in [4.69, 9.17) is 0 Å². The molecular formula is C19H16FN3O. The van der Waals surface area contributed by atoms with Crippen LogP contribution in [-0.4, -0.2) is 10.9 Å². The summed E-state index contributed by atoms with van der Waals surface area (Å²) in [7, 11) is 0. The summed E-state index contributed by atoms with van der Waals surface area (Å²) in [5, 5.41) is 5.82. The summed E-state index contributed by atoms with van der Waals surface area (Å²) in [6.45, 7) is 1.98. The van der Waals surface area contributed by atoms with Crippen LogP contribution in [0.4, 0.5) is 21.5 Å². The molecular weight excluding hydrogens is 305 g/mol. The molecule has 0 bridgehead atoms. The van der Waals surface area contributed by atoms with Gasteiger partial charge in [-0.05, 0) is 49.4 Å². The molecule has 3 aromatic rings. The predicted molar refractivity (Wildman–Crippen MR) is 93.1 cm³/mol. The van der Waals surface area contributed by atoms with Crippen LogP contribution in [-0.2, 0) is 0 Å². The number of amides is 1. The summed E-state index contributed by atoms with van der Waals surface area (Å²) < 4.78 is 13.2. The van der Waals surface area contributed by atoms with Gasteiger partial charge in [0.05, 0.1) is 11.9 Å². The van der Waals surface area contributed by atoms with E-state index in [-0.39, 0.29) is 11.7 Å². The van der Waals surface area contributed by atoms with E-state index in [9.17, 15) is 9.18 Å². The van der Waals surface area contributed by atoms with E-state index in [1.807, 2.05) is 31.2 Å². The number of hydrogen-bond donors (Lipinski definition) is 2. The zero-order chi connectivity index (χ0) is 16.9. The molecule has 5 heteroatoms. The molecule has 2 N–H and O–H groups in total. The number of carbonyl (C=O) groups excluding carboxylic acids is 1. The third-order valence-electron chi connectivity index (χ3n) is 3.42. The van der Waals surface area contributed by atoms with Crippen molar-refractivity contribution in [3.05, 3.63) is 83.9 Å². The first-order valence-electron chi connectivity index (χ1n) is 7.47. The highest BCUT2D eigenvalue weighted by atomic mass is 19.1. The van der Waals surface area contributed by atoms with Gasteiger partial charge < -0.3 is 10.6 Å². The molecule has 2 aromatic carbocycles. The van der Waals surface area contributed by atoms with Crippen molar-refractivity contribution in [2.45, 2.75) is 6.92 Å². The van der Waals surface area contributed by atoms with Crippen LogP contribution in [0.1, 0.15) is 16.1 Å². The topological polar surface area (TPSA) is 54.0 Å². The third kappa shape index (κ3) is 3.95. The Hall–Kier alpha value is -3.21. The quantitative estimate of drug-likeness (QED) is 0.742. The largest absolute Gasteiger partial charge is 0.354 e. The summed E-state index contributed by atoms with van der Waals surface area (Å²) >= 11 is 0. The van der Waals surface area contributed by atoms with Gasteiger partial charge in [0.25, 0.3) is 5.91 Å². The Morgan fingerprint density at radius 1 is 0.958 bits per heavy atom. The first-order chi connectivity index (χ1) is 11.6. The number of nitrogens with one attached hydrogen (secondary N) is 2. The monoisotopic (exact) mass is 321 g/mol. The molecule has 1 heterocycles. The normalized spacial score (nSPS) is 10.2. The molecule has 24 heavy (non-hydrogen) atoms. The van der Waals surface area contributed by atoms with E-state index in [2.05, 4.69) is 15.6 Å². The summed E-state index contributed by atoms with van der Waals surface area (Å²) in [5.41, 5.74) is 3.44. The van der Waals surface area contributed by atoms with Crippen molar-refractivity contribution in [1.29, 1.82) is 0 Å². The van der Waals surface area contributed by atoms with Crippen molar-refractivity contribution in [2.75, 3.05) is 10.6 Å². The zero-order valence-electron chi connectivity index (χ0n) is 13.1. The van der Waals surface area contributed by atoms with Crippen LogP contribution in [0.5, 0.6) is 0 Å². The van der Waals surface area contributed by atoms with Crippen LogP contribution in [0.25, 0.3) is 0 Å². The fraction of sp³-hybridized carbons (Fsp3) is 0.0526. The molecule has 0 saturated heterocycles. The van der Waals surface area contributed by atoms with Gasteiger partial charge in [0, 0.05) is 11.4 Å². The molecule has 0 aliphatic rings. The van der Waals surface area contributed by atoms with Crippen LogP contribution in [0.2, 0.25) is 0 Å². The first-order valence-corrected chi connectivity index (χ1v) is 7.47. The molecule has 0 spiro atoms. The fourth-order valence-corrected chi connectivity index (χ4v) is 2.17. The van der Waals surface area contributed by atoms with E-state index in [1.165, 1.54) is 18.3 Å². The number of benzene rings is 2. The Kier molecular flexibility index (Phi) is 4.52. The Bertz CT molecular complexity index is 845. The molecule has 0 aliphatic heterocycles. The second kappa shape index (κ2) is 6.91. The highest BCUT2D eigenvalue weighted by molar-refractivity contribution is 6.02. The van der Waals surface area contributed by atoms with Crippen LogP contribution in [0.15, 0.2) is 66.9 Å². The van der Waals surface area contributed by atoms with Crippen LogP contribution < -0.4 is 10.6 Å². The molecule has 1 amide bonds. The molecule has 3 rings (SSSR count). The molecule has 0 aliphatic carbocycles. The Balaban J connectivity index is 1.67. The minimum Gasteiger partial charge on any atom is -0.354 e. The average molecular weight is 321 g/mol. The summed E-state index contributed by atoms with van der Waals surface area (Å²) in [4.78, 5) is 16.3. The summed E-state index contributed by atoms with van der Waals surface area (Å²) in [6, 6.07) is 17.0. The standard InChI is InChI=1S/C19H16FN3O/c1-13-5-7-15(8-6-13)23-19(24)18-10-9-17(12-21-18)22-16-4-2-3-14(20)11-16/h2-12,22H,1H3,(H,23,24). The van der Waals surface area contributed by atoms with Gasteiger partial charge >= 0.3 is 0 Å². The number of aryl methyl sites for hydroxylation is 1. The Morgan fingerprint density at radius 2 is 1.71 bits per heavy atom. The van der Waals surface area contributed by atoms with Crippen molar-refractivity contribution in [3.8, 4) is 0 Å². The van der Waals surface area contributed by atoms with E-state index in [0.717, 1.165) is 11.3 Å². The molecule has 4 nitrogen and oxygen atoms in total. The predicted octanol–water partition coefficient (Wildman–Crippen LogP) is 4.53. The molecule has 0 atom stereocenters. The number of nitrogens with zero attached hydrogens (tertiary/aromatic N) is 1. The number of pyridine rings is 1. The highest BCUT2D eigenvalue weighted by Crippen LogP contribution is 2.17. The smallest absolute Gasteiger partial charge is 0.274 e. The number of halogens is 1. The fourth-order valence-electron chi connectivity index (χ4n) is 2.17. The van der Waals surface area contributed by atoms with Gasteiger partial charge in [0.1, 0.15) is 11.5 Å². The van der Waals surface area contributed by atoms with Gasteiger partial charge in [-0.2, -0.15) is 0 Å². The van der Waals surface area contributed by atoms with Crippen molar-refractivity contribution in [3.63, 3.8) is 0 Å². The van der Waals surface area contributed by atoms with Gasteiger partial charge in [0.2, 0.25) is 0 Å². The maximum absolute atomic E-state index is 13.2. The lowest BCUT2D eigenvalue weighted by atomic mass is 10.2. The average Bonchev–Trinajstić information content (AvgIpc) is 2.57. The maximum Gasteiger partial charge on any atom is 0.274 e. The second-order valence-corrected chi connectivity index (χ2v) is 5.39. The lowest BCUT2D eigenvalue weighted by Gasteiger charge is -2.08. The van der Waals surface area contributed by atoms with Crippen molar-refractivity contribution in [1.82, 2.24) is 4.98 Å². The van der Waals surface area contributed by atoms with Crippen molar-refractivity contribution in [2.24, 2.45) is 0 Å². The molecule has 0 unspecified atom stereocenters. The first kappa shape index (κ1) is 15.7. The van der Waals surface area contributed by atoms with Gasteiger partial charge in [0.15, 0.2) is 0 Å². The molecule has 1 aromatic heterocycles. The molecule has 0 fully saturated rings. The van der Waals surface area contributed by atoms with E-state index < -0.39 is 0 Å². The van der Waals surface area contributed by atoms with Gasteiger partial charge in [-0.1, -0.05) is 23.8 Å². The summed E-state index contributed by atoms with van der Waals surface area (Å²) in [5.74, 6) is -0.599. The Labute approximate surface area is 139 Å². The maximum atomic E-state index is 13.2. The van der Waals surface area contributed by atoms with Gasteiger partial charge in [-0.25, -0.2) is 9.37 Å². The minimum atomic E-state index is -0.318. The van der Waals surface area contributed by atoms with Gasteiger partial charge in [-0.3, -0.25) is 4.79 Å². The third-order valence-corrected chi connectivity index (χ3v) is 3.42. The van der Waals surface area contributed by atoms with Crippen molar-refractivity contribution < 1.29 is 9.18 Å². The van der Waals surface area contributed by atoms with Crippen LogP contribution in [0.3, 0.4) is 0 Å².